The quantitative estimate of drug-likeness (QED) is 0.440. The van der Waals surface area contributed by atoms with E-state index >= 15 is 0 Å². The van der Waals surface area contributed by atoms with Crippen molar-refractivity contribution >= 4 is 21.7 Å². The third-order valence-corrected chi connectivity index (χ3v) is 5.98. The summed E-state index contributed by atoms with van der Waals surface area (Å²) in [7, 11) is -3.93. The van der Waals surface area contributed by atoms with E-state index in [1.54, 1.807) is 6.92 Å². The molecule has 0 radical (unpaired) electrons. The van der Waals surface area contributed by atoms with Gasteiger partial charge in [0.2, 0.25) is 9.84 Å². The number of amides is 1. The maximum absolute atomic E-state index is 12.9. The standard InChI is InChI=1S/C21H22F3NO6S/c1-3-5-19(26)31-30-16-6-4-7-18(13-16)32(28,29)17-10-8-15(9-11-17)12-14(2)25-20(27)21(22,23)24/h4,6-11,13-14H,3,5,12H2,1-2H3,(H,25,27)/t14-/m1/s1. The van der Waals surface area contributed by atoms with Crippen LogP contribution in [0.4, 0.5) is 13.2 Å². The van der Waals surface area contributed by atoms with Crippen LogP contribution in [-0.2, 0) is 30.7 Å². The van der Waals surface area contributed by atoms with Crippen LogP contribution in [0.25, 0.3) is 0 Å². The first-order valence-electron chi connectivity index (χ1n) is 9.62. The number of carbonyl (C=O) groups is 2. The molecule has 1 N–H and O–H groups in total. The highest BCUT2D eigenvalue weighted by molar-refractivity contribution is 7.91. The second-order valence-corrected chi connectivity index (χ2v) is 8.94. The number of hydrogen-bond donors (Lipinski definition) is 1. The molecule has 0 fully saturated rings. The molecule has 7 nitrogen and oxygen atoms in total. The Labute approximate surface area is 183 Å². The van der Waals surface area contributed by atoms with Crippen molar-refractivity contribution in [2.45, 2.75) is 55.1 Å². The molecule has 0 aliphatic carbocycles. The Hall–Kier alpha value is -3.08. The second-order valence-electron chi connectivity index (χ2n) is 6.99. The molecule has 0 saturated heterocycles. The van der Waals surface area contributed by atoms with Gasteiger partial charge in [-0.25, -0.2) is 13.2 Å². The van der Waals surface area contributed by atoms with Crippen LogP contribution in [0.3, 0.4) is 0 Å². The lowest BCUT2D eigenvalue weighted by Crippen LogP contribution is -2.42. The first-order valence-corrected chi connectivity index (χ1v) is 11.1. The van der Waals surface area contributed by atoms with E-state index in [9.17, 15) is 31.2 Å². The minimum absolute atomic E-state index is 0.0291. The fourth-order valence-corrected chi connectivity index (χ4v) is 3.98. The average Bonchev–Trinajstić information content (AvgIpc) is 2.72. The zero-order chi connectivity index (χ0) is 23.9. The highest BCUT2D eigenvalue weighted by Crippen LogP contribution is 2.25. The highest BCUT2D eigenvalue weighted by atomic mass is 32.2. The fraction of sp³-hybridized carbons (Fsp3) is 0.333. The number of nitrogens with one attached hydrogen (secondary N) is 1. The normalized spacial score (nSPS) is 12.7. The molecule has 11 heteroatoms. The lowest BCUT2D eigenvalue weighted by Gasteiger charge is -2.15. The number of sulfone groups is 1. The zero-order valence-electron chi connectivity index (χ0n) is 17.3. The van der Waals surface area contributed by atoms with Crippen LogP contribution in [0.5, 0.6) is 5.75 Å². The van der Waals surface area contributed by atoms with E-state index < -0.39 is 33.9 Å². The molecule has 2 aromatic carbocycles. The molecular formula is C21H22F3NO6S. The van der Waals surface area contributed by atoms with Crippen molar-refractivity contribution in [3.8, 4) is 5.75 Å². The van der Waals surface area contributed by atoms with E-state index in [0.29, 0.717) is 12.0 Å². The van der Waals surface area contributed by atoms with Crippen LogP contribution in [0.2, 0.25) is 0 Å². The molecule has 2 aromatic rings. The fourth-order valence-electron chi connectivity index (χ4n) is 2.68. The summed E-state index contributed by atoms with van der Waals surface area (Å²) in [5, 5.41) is 1.84. The Balaban J connectivity index is 2.09. The molecule has 0 spiro atoms. The van der Waals surface area contributed by atoms with Crippen molar-refractivity contribution in [3.05, 3.63) is 54.1 Å². The first kappa shape index (κ1) is 25.2. The molecule has 1 atom stereocenters. The first-order chi connectivity index (χ1) is 14.9. The molecule has 2 rings (SSSR count). The third kappa shape index (κ3) is 6.98. The molecule has 0 aliphatic heterocycles. The van der Waals surface area contributed by atoms with Gasteiger partial charge in [0.05, 0.1) is 9.79 Å². The van der Waals surface area contributed by atoms with E-state index in [2.05, 4.69) is 4.89 Å². The number of benzene rings is 2. The molecule has 0 aromatic heterocycles. The van der Waals surface area contributed by atoms with Crippen LogP contribution >= 0.6 is 0 Å². The molecule has 1 amide bonds. The van der Waals surface area contributed by atoms with Crippen LogP contribution in [0, 0.1) is 0 Å². The Morgan fingerprint density at radius 2 is 1.72 bits per heavy atom. The van der Waals surface area contributed by atoms with Gasteiger partial charge < -0.3 is 5.32 Å². The summed E-state index contributed by atoms with van der Waals surface area (Å²) in [4.78, 5) is 31.7. The summed E-state index contributed by atoms with van der Waals surface area (Å²) in [5.41, 5.74) is 0.541. The highest BCUT2D eigenvalue weighted by Gasteiger charge is 2.39. The summed E-state index contributed by atoms with van der Waals surface area (Å²) in [6.45, 7) is 3.20. The minimum atomic E-state index is -4.97. The van der Waals surface area contributed by atoms with Gasteiger partial charge in [-0.2, -0.15) is 13.2 Å². The van der Waals surface area contributed by atoms with Crippen LogP contribution < -0.4 is 10.2 Å². The maximum Gasteiger partial charge on any atom is 0.471 e. The summed E-state index contributed by atoms with van der Waals surface area (Å²) in [6.07, 6.45) is -4.17. The number of carbonyl (C=O) groups excluding carboxylic acids is 2. The molecule has 0 bridgehead atoms. The topological polar surface area (TPSA) is 98.8 Å². The van der Waals surface area contributed by atoms with Gasteiger partial charge in [0.1, 0.15) is 0 Å². The van der Waals surface area contributed by atoms with Crippen molar-refractivity contribution in [1.82, 2.24) is 5.32 Å². The number of rotatable bonds is 9. The predicted molar refractivity (Wildman–Crippen MR) is 107 cm³/mol. The average molecular weight is 473 g/mol. The largest absolute Gasteiger partial charge is 0.471 e. The SMILES string of the molecule is CCCC(=O)OOc1cccc(S(=O)(=O)c2ccc(C[C@@H](C)NC(=O)C(F)(F)F)cc2)c1. The summed E-state index contributed by atoms with van der Waals surface area (Å²) in [6, 6.07) is 10.1. The van der Waals surface area contributed by atoms with E-state index in [-0.39, 0.29) is 28.4 Å². The summed E-state index contributed by atoms with van der Waals surface area (Å²) < 4.78 is 62.7. The molecule has 0 heterocycles. The van der Waals surface area contributed by atoms with Crippen LogP contribution in [-0.4, -0.2) is 32.5 Å². The van der Waals surface area contributed by atoms with Crippen molar-refractivity contribution in [2.24, 2.45) is 0 Å². The van der Waals surface area contributed by atoms with Gasteiger partial charge >= 0.3 is 18.1 Å². The van der Waals surface area contributed by atoms with Crippen molar-refractivity contribution in [2.75, 3.05) is 0 Å². The van der Waals surface area contributed by atoms with Crippen molar-refractivity contribution in [3.63, 3.8) is 0 Å². The number of hydrogen-bond acceptors (Lipinski definition) is 6. The second kappa shape index (κ2) is 10.5. The lowest BCUT2D eigenvalue weighted by atomic mass is 10.1. The molecule has 0 saturated carbocycles. The van der Waals surface area contributed by atoms with Crippen molar-refractivity contribution in [1.29, 1.82) is 0 Å². The Bertz CT molecular complexity index is 1050. The third-order valence-electron chi connectivity index (χ3n) is 4.21. The minimum Gasteiger partial charge on any atom is -0.345 e. The Morgan fingerprint density at radius 3 is 2.31 bits per heavy atom. The van der Waals surface area contributed by atoms with Gasteiger partial charge in [-0.15, -0.1) is 0 Å². The maximum atomic E-state index is 12.9. The predicted octanol–water partition coefficient (Wildman–Crippen LogP) is 3.77. The van der Waals surface area contributed by atoms with Gasteiger partial charge in [-0.1, -0.05) is 25.1 Å². The molecule has 32 heavy (non-hydrogen) atoms. The van der Waals surface area contributed by atoms with Gasteiger partial charge in [0.25, 0.3) is 0 Å². The van der Waals surface area contributed by atoms with E-state index in [0.717, 1.165) is 0 Å². The molecular weight excluding hydrogens is 451 g/mol. The number of alkyl halides is 3. The number of halogens is 3. The van der Waals surface area contributed by atoms with Gasteiger partial charge in [0.15, 0.2) is 5.75 Å². The van der Waals surface area contributed by atoms with Crippen LogP contribution in [0.1, 0.15) is 32.3 Å². The zero-order valence-corrected chi connectivity index (χ0v) is 18.1. The Morgan fingerprint density at radius 1 is 1.06 bits per heavy atom. The smallest absolute Gasteiger partial charge is 0.345 e. The van der Waals surface area contributed by atoms with E-state index in [4.69, 9.17) is 4.89 Å². The Kier molecular flexibility index (Phi) is 8.25. The van der Waals surface area contributed by atoms with E-state index in [1.807, 2.05) is 5.32 Å². The van der Waals surface area contributed by atoms with Crippen LogP contribution in [0.15, 0.2) is 58.3 Å². The van der Waals surface area contributed by atoms with Gasteiger partial charge in [-0.05, 0) is 49.6 Å². The lowest BCUT2D eigenvalue weighted by molar-refractivity contribution is -0.213. The summed E-state index contributed by atoms with van der Waals surface area (Å²) >= 11 is 0. The van der Waals surface area contributed by atoms with Gasteiger partial charge in [0, 0.05) is 18.5 Å². The van der Waals surface area contributed by atoms with Crippen molar-refractivity contribution < 1.29 is 41.0 Å². The summed E-state index contributed by atoms with van der Waals surface area (Å²) in [5.74, 6) is -2.59. The molecule has 0 unspecified atom stereocenters. The van der Waals surface area contributed by atoms with Gasteiger partial charge in [-0.3, -0.25) is 14.6 Å². The van der Waals surface area contributed by atoms with E-state index in [1.165, 1.54) is 55.5 Å². The molecule has 0 aliphatic rings. The monoisotopic (exact) mass is 473 g/mol. The molecule has 174 valence electrons.